The molecule has 0 aromatic heterocycles. The second kappa shape index (κ2) is 3.56. The maximum atomic E-state index is 11.4. The van der Waals surface area contributed by atoms with Crippen molar-refractivity contribution in [2.24, 2.45) is 0 Å². The Labute approximate surface area is 101 Å². The largest absolute Gasteiger partial charge is 0.295 e. The average molecular weight is 222 g/mol. The van der Waals surface area contributed by atoms with Crippen molar-refractivity contribution in [2.75, 3.05) is 0 Å². The fraction of sp³-hybridized carbons (Fsp3) is 0.188. The maximum absolute atomic E-state index is 11.4. The summed E-state index contributed by atoms with van der Waals surface area (Å²) in [6.45, 7) is 3.82. The van der Waals surface area contributed by atoms with Gasteiger partial charge in [-0.25, -0.2) is 0 Å². The van der Waals surface area contributed by atoms with Crippen LogP contribution in [0.2, 0.25) is 0 Å². The van der Waals surface area contributed by atoms with E-state index >= 15 is 0 Å². The molecule has 1 heteroatoms. The van der Waals surface area contributed by atoms with Crippen LogP contribution in [0.1, 0.15) is 41.3 Å². The predicted octanol–water partition coefficient (Wildman–Crippen LogP) is 4.02. The molecule has 1 aliphatic rings. The van der Waals surface area contributed by atoms with Gasteiger partial charge in [-0.2, -0.15) is 0 Å². The van der Waals surface area contributed by atoms with Crippen molar-refractivity contribution in [3.05, 3.63) is 59.2 Å². The molecule has 0 aliphatic heterocycles. The Morgan fingerprint density at radius 2 is 1.71 bits per heavy atom. The third-order valence-corrected chi connectivity index (χ3v) is 3.64. The summed E-state index contributed by atoms with van der Waals surface area (Å²) in [5, 5.41) is 0. The highest BCUT2D eigenvalue weighted by Crippen LogP contribution is 2.44. The Morgan fingerprint density at radius 3 is 2.47 bits per heavy atom. The van der Waals surface area contributed by atoms with Gasteiger partial charge in [0.2, 0.25) is 0 Å². The number of hydrogen-bond acceptors (Lipinski definition) is 1. The monoisotopic (exact) mass is 222 g/mol. The molecule has 1 nitrogen and oxygen atoms in total. The molecule has 2 aromatic rings. The van der Waals surface area contributed by atoms with Crippen LogP contribution < -0.4 is 0 Å². The van der Waals surface area contributed by atoms with E-state index in [1.54, 1.807) is 6.92 Å². The molecule has 0 bridgehead atoms. The van der Waals surface area contributed by atoms with Crippen molar-refractivity contribution in [3.8, 4) is 11.1 Å². The Morgan fingerprint density at radius 1 is 1.00 bits per heavy atom. The summed E-state index contributed by atoms with van der Waals surface area (Å²) >= 11 is 0. The van der Waals surface area contributed by atoms with E-state index in [0.29, 0.717) is 5.92 Å². The number of benzene rings is 2. The van der Waals surface area contributed by atoms with Crippen molar-refractivity contribution in [1.82, 2.24) is 0 Å². The van der Waals surface area contributed by atoms with Gasteiger partial charge in [0.25, 0.3) is 0 Å². The molecule has 0 fully saturated rings. The van der Waals surface area contributed by atoms with E-state index in [1.165, 1.54) is 22.3 Å². The molecule has 1 aliphatic carbocycles. The second-order valence-electron chi connectivity index (χ2n) is 4.67. The molecule has 3 rings (SSSR count). The zero-order valence-corrected chi connectivity index (χ0v) is 10.0. The van der Waals surface area contributed by atoms with Crippen LogP contribution in [0.15, 0.2) is 42.5 Å². The van der Waals surface area contributed by atoms with Gasteiger partial charge in [0.15, 0.2) is 5.78 Å². The quantitative estimate of drug-likeness (QED) is 0.666. The molecule has 84 valence electrons. The Bertz CT molecular complexity index is 611. The highest BCUT2D eigenvalue weighted by Gasteiger charge is 2.25. The first-order chi connectivity index (χ1) is 8.18. The lowest BCUT2D eigenvalue weighted by atomic mass is 9.97. The van der Waals surface area contributed by atoms with Crippen LogP contribution in [-0.4, -0.2) is 5.78 Å². The number of Topliss-reactive ketones (excluding diaryl/α,β-unsaturated/α-hetero) is 1. The third-order valence-electron chi connectivity index (χ3n) is 3.64. The van der Waals surface area contributed by atoms with Crippen molar-refractivity contribution in [2.45, 2.75) is 19.8 Å². The van der Waals surface area contributed by atoms with Crippen molar-refractivity contribution >= 4 is 5.78 Å². The number of carbonyl (C=O) groups excluding carboxylic acids is 1. The maximum Gasteiger partial charge on any atom is 0.159 e. The topological polar surface area (TPSA) is 17.1 Å². The van der Waals surface area contributed by atoms with Crippen molar-refractivity contribution < 1.29 is 4.79 Å². The summed E-state index contributed by atoms with van der Waals surface area (Å²) in [6, 6.07) is 14.5. The van der Waals surface area contributed by atoms with Crippen molar-refractivity contribution in [3.63, 3.8) is 0 Å². The summed E-state index contributed by atoms with van der Waals surface area (Å²) in [5.41, 5.74) is 6.04. The first kappa shape index (κ1) is 10.3. The van der Waals surface area contributed by atoms with Gasteiger partial charge in [0.05, 0.1) is 0 Å². The number of rotatable bonds is 1. The normalized spacial score (nSPS) is 16.5. The number of ketones is 1. The lowest BCUT2D eigenvalue weighted by Gasteiger charge is -2.06. The van der Waals surface area contributed by atoms with Gasteiger partial charge in [-0.1, -0.05) is 43.3 Å². The molecule has 0 radical (unpaired) electrons. The molecular formula is C16H14O. The summed E-state index contributed by atoms with van der Waals surface area (Å²) < 4.78 is 0. The van der Waals surface area contributed by atoms with Gasteiger partial charge in [-0.15, -0.1) is 0 Å². The SMILES string of the molecule is CC(=O)c1ccc2c(c1)[C@H](C)c1ccccc1-2. The number of hydrogen-bond donors (Lipinski definition) is 0. The fourth-order valence-electron chi connectivity index (χ4n) is 2.67. The van der Waals surface area contributed by atoms with E-state index < -0.39 is 0 Å². The van der Waals surface area contributed by atoms with Gasteiger partial charge in [-0.3, -0.25) is 4.79 Å². The zero-order chi connectivity index (χ0) is 12.0. The van der Waals surface area contributed by atoms with Crippen LogP contribution in [-0.2, 0) is 0 Å². The van der Waals surface area contributed by atoms with Gasteiger partial charge >= 0.3 is 0 Å². The molecule has 0 spiro atoms. The number of carbonyl (C=O) groups is 1. The van der Waals surface area contributed by atoms with Crippen LogP contribution >= 0.6 is 0 Å². The fourth-order valence-corrected chi connectivity index (χ4v) is 2.67. The molecule has 17 heavy (non-hydrogen) atoms. The molecular weight excluding hydrogens is 208 g/mol. The van der Waals surface area contributed by atoms with Crippen LogP contribution in [0.3, 0.4) is 0 Å². The standard InChI is InChI=1S/C16H14O/c1-10-13-5-3-4-6-14(13)15-8-7-12(11(2)17)9-16(10)15/h3-10H,1-2H3/t10-/m1/s1. The summed E-state index contributed by atoms with van der Waals surface area (Å²) in [6.07, 6.45) is 0. The predicted molar refractivity (Wildman–Crippen MR) is 69.4 cm³/mol. The van der Waals surface area contributed by atoms with E-state index in [4.69, 9.17) is 0 Å². The van der Waals surface area contributed by atoms with E-state index in [9.17, 15) is 4.79 Å². The summed E-state index contributed by atoms with van der Waals surface area (Å²) in [4.78, 5) is 11.4. The molecule has 0 heterocycles. The van der Waals surface area contributed by atoms with E-state index in [0.717, 1.165) is 5.56 Å². The lowest BCUT2D eigenvalue weighted by molar-refractivity contribution is 0.101. The van der Waals surface area contributed by atoms with Crippen molar-refractivity contribution in [1.29, 1.82) is 0 Å². The molecule has 0 saturated carbocycles. The van der Waals surface area contributed by atoms with Gasteiger partial charge in [0, 0.05) is 11.5 Å². The molecule has 0 unspecified atom stereocenters. The third kappa shape index (κ3) is 1.42. The Hall–Kier alpha value is -1.89. The average Bonchev–Trinajstić information content (AvgIpc) is 2.64. The van der Waals surface area contributed by atoms with Crippen LogP contribution in [0, 0.1) is 0 Å². The smallest absolute Gasteiger partial charge is 0.159 e. The second-order valence-corrected chi connectivity index (χ2v) is 4.67. The molecule has 1 atom stereocenters. The zero-order valence-electron chi connectivity index (χ0n) is 10.0. The van der Waals surface area contributed by atoms with Gasteiger partial charge in [-0.05, 0) is 35.2 Å². The summed E-state index contributed by atoms with van der Waals surface area (Å²) in [5.74, 6) is 0.524. The molecule has 0 saturated heterocycles. The minimum atomic E-state index is 0.135. The molecule has 0 N–H and O–H groups in total. The van der Waals surface area contributed by atoms with Gasteiger partial charge < -0.3 is 0 Å². The van der Waals surface area contributed by atoms with Gasteiger partial charge in [0.1, 0.15) is 0 Å². The number of fused-ring (bicyclic) bond motifs is 3. The highest BCUT2D eigenvalue weighted by atomic mass is 16.1. The summed E-state index contributed by atoms with van der Waals surface area (Å²) in [7, 11) is 0. The minimum Gasteiger partial charge on any atom is -0.295 e. The molecule has 0 amide bonds. The Balaban J connectivity index is 2.24. The van der Waals surface area contributed by atoms with Crippen LogP contribution in [0.25, 0.3) is 11.1 Å². The van der Waals surface area contributed by atoms with Crippen LogP contribution in [0.5, 0.6) is 0 Å². The Kier molecular flexibility index (Phi) is 2.15. The van der Waals surface area contributed by atoms with E-state index in [-0.39, 0.29) is 5.78 Å². The first-order valence-electron chi connectivity index (χ1n) is 5.92. The minimum absolute atomic E-state index is 0.135. The van der Waals surface area contributed by atoms with E-state index in [2.05, 4.69) is 37.3 Å². The van der Waals surface area contributed by atoms with E-state index in [1.807, 2.05) is 12.1 Å². The van der Waals surface area contributed by atoms with Crippen LogP contribution in [0.4, 0.5) is 0 Å². The highest BCUT2D eigenvalue weighted by molar-refractivity contribution is 5.95. The first-order valence-corrected chi connectivity index (χ1v) is 5.92. The molecule has 2 aromatic carbocycles. The lowest BCUT2D eigenvalue weighted by Crippen LogP contribution is -1.95.